The van der Waals surface area contributed by atoms with Crippen LogP contribution in [-0.4, -0.2) is 81.5 Å². The van der Waals surface area contributed by atoms with Gasteiger partial charge in [-0.25, -0.2) is 0 Å². The van der Waals surface area contributed by atoms with Gasteiger partial charge in [-0.3, -0.25) is 24.0 Å². The van der Waals surface area contributed by atoms with Gasteiger partial charge in [-0.15, -0.1) is 0 Å². The first-order valence-electron chi connectivity index (χ1n) is 11.2. The van der Waals surface area contributed by atoms with Crippen molar-refractivity contribution in [3.8, 4) is 0 Å². The second-order valence-electron chi connectivity index (χ2n) is 8.12. The Bertz CT molecular complexity index is 1090. The lowest BCUT2D eigenvalue weighted by Crippen LogP contribution is -2.56. The minimum atomic E-state index is -1.24. The third kappa shape index (κ3) is 8.89. The zero-order valence-corrected chi connectivity index (χ0v) is 20.6. The molecule has 12 nitrogen and oxygen atoms in total. The van der Waals surface area contributed by atoms with E-state index in [-0.39, 0.29) is 25.7 Å². The summed E-state index contributed by atoms with van der Waals surface area (Å²) in [6, 6.07) is 4.13. The van der Waals surface area contributed by atoms with Crippen LogP contribution in [0.1, 0.15) is 24.8 Å². The summed E-state index contributed by atoms with van der Waals surface area (Å²) in [5.74, 6) is -3.83. The number of nitrogens with two attached hydrogens (primary N) is 1. The van der Waals surface area contributed by atoms with Gasteiger partial charge in [0.2, 0.25) is 17.7 Å². The molecule has 0 aliphatic heterocycles. The van der Waals surface area contributed by atoms with E-state index in [4.69, 9.17) is 15.9 Å². The molecular formula is C23H31N5O7S. The first kappa shape index (κ1) is 28.7. The number of hydrogen-bond acceptors (Lipinski definition) is 7. The van der Waals surface area contributed by atoms with Gasteiger partial charge in [0.05, 0.1) is 6.04 Å². The molecule has 8 N–H and O–H groups in total. The van der Waals surface area contributed by atoms with Crippen molar-refractivity contribution < 1.29 is 34.2 Å². The van der Waals surface area contributed by atoms with E-state index in [9.17, 15) is 24.0 Å². The van der Waals surface area contributed by atoms with E-state index in [0.717, 1.165) is 16.5 Å². The number of H-pyrrole nitrogens is 1. The van der Waals surface area contributed by atoms with Crippen LogP contribution in [0.4, 0.5) is 0 Å². The third-order valence-corrected chi connectivity index (χ3v) is 6.04. The van der Waals surface area contributed by atoms with E-state index in [0.29, 0.717) is 5.75 Å². The molecule has 3 unspecified atom stereocenters. The first-order valence-corrected chi connectivity index (χ1v) is 12.6. The summed E-state index contributed by atoms with van der Waals surface area (Å²) in [6.07, 6.45) is 3.45. The molecule has 0 spiro atoms. The SMILES string of the molecule is CSCCC(NC(=O)C(N)CCC(=O)O)C(=O)NC(Cc1c[nH]c2ccccc12)C(=O)NCC(=O)O. The fraction of sp³-hybridized carbons (Fsp3) is 0.435. The highest BCUT2D eigenvalue weighted by molar-refractivity contribution is 7.98. The minimum Gasteiger partial charge on any atom is -0.481 e. The lowest BCUT2D eigenvalue weighted by molar-refractivity contribution is -0.139. The predicted molar refractivity (Wildman–Crippen MR) is 134 cm³/mol. The molecule has 36 heavy (non-hydrogen) atoms. The molecule has 13 heteroatoms. The van der Waals surface area contributed by atoms with Crippen LogP contribution in [0.2, 0.25) is 0 Å². The molecule has 0 saturated carbocycles. The molecule has 2 rings (SSSR count). The van der Waals surface area contributed by atoms with Gasteiger partial charge in [-0.05, 0) is 36.5 Å². The van der Waals surface area contributed by atoms with Crippen molar-refractivity contribution in [1.82, 2.24) is 20.9 Å². The monoisotopic (exact) mass is 521 g/mol. The van der Waals surface area contributed by atoms with Crippen LogP contribution in [0.3, 0.4) is 0 Å². The van der Waals surface area contributed by atoms with Gasteiger partial charge in [0.1, 0.15) is 18.6 Å². The second kappa shape index (κ2) is 14.1. The quantitative estimate of drug-likeness (QED) is 0.166. The maximum atomic E-state index is 13.1. The number of carboxylic acids is 2. The average molecular weight is 522 g/mol. The van der Waals surface area contributed by atoms with Crippen LogP contribution in [0.15, 0.2) is 30.5 Å². The molecule has 0 fully saturated rings. The van der Waals surface area contributed by atoms with E-state index < -0.39 is 54.3 Å². The van der Waals surface area contributed by atoms with Gasteiger partial charge in [-0.1, -0.05) is 18.2 Å². The van der Waals surface area contributed by atoms with Gasteiger partial charge < -0.3 is 36.9 Å². The number of fused-ring (bicyclic) bond motifs is 1. The normalized spacial score (nSPS) is 13.4. The smallest absolute Gasteiger partial charge is 0.322 e. The summed E-state index contributed by atoms with van der Waals surface area (Å²) in [5.41, 5.74) is 7.34. The predicted octanol–water partition coefficient (Wildman–Crippen LogP) is -0.174. The Hall–Kier alpha value is -3.58. The van der Waals surface area contributed by atoms with Crippen LogP contribution in [0.25, 0.3) is 10.9 Å². The van der Waals surface area contributed by atoms with Crippen LogP contribution in [0, 0.1) is 0 Å². The number of para-hydroxylation sites is 1. The molecule has 0 radical (unpaired) electrons. The highest BCUT2D eigenvalue weighted by Gasteiger charge is 2.29. The average Bonchev–Trinajstić information content (AvgIpc) is 3.25. The van der Waals surface area contributed by atoms with Crippen molar-refractivity contribution in [2.75, 3.05) is 18.6 Å². The molecular weight excluding hydrogens is 490 g/mol. The lowest BCUT2D eigenvalue weighted by Gasteiger charge is -2.24. The minimum absolute atomic E-state index is 0.0719. The van der Waals surface area contributed by atoms with E-state index in [2.05, 4.69) is 20.9 Å². The van der Waals surface area contributed by atoms with E-state index >= 15 is 0 Å². The maximum absolute atomic E-state index is 13.1. The van der Waals surface area contributed by atoms with Crippen LogP contribution >= 0.6 is 11.8 Å². The van der Waals surface area contributed by atoms with Crippen LogP contribution in [0.5, 0.6) is 0 Å². The van der Waals surface area contributed by atoms with Crippen molar-refractivity contribution in [1.29, 1.82) is 0 Å². The summed E-state index contributed by atoms with van der Waals surface area (Å²) in [7, 11) is 0. The fourth-order valence-corrected chi connectivity index (χ4v) is 3.95. The molecule has 3 amide bonds. The van der Waals surface area contributed by atoms with E-state index in [1.54, 1.807) is 6.20 Å². The van der Waals surface area contributed by atoms with Gasteiger partial charge in [-0.2, -0.15) is 11.8 Å². The fourth-order valence-electron chi connectivity index (χ4n) is 3.48. The first-order chi connectivity index (χ1) is 17.1. The van der Waals surface area contributed by atoms with E-state index in [1.807, 2.05) is 30.5 Å². The number of aromatic nitrogens is 1. The lowest BCUT2D eigenvalue weighted by atomic mass is 10.0. The zero-order valence-electron chi connectivity index (χ0n) is 19.8. The molecule has 0 bridgehead atoms. The third-order valence-electron chi connectivity index (χ3n) is 5.40. The Morgan fingerprint density at radius 3 is 2.33 bits per heavy atom. The highest BCUT2D eigenvalue weighted by atomic mass is 32.2. The Kier molecular flexibility index (Phi) is 11.2. The van der Waals surface area contributed by atoms with Gasteiger partial charge >= 0.3 is 11.9 Å². The topological polar surface area (TPSA) is 204 Å². The molecule has 1 aromatic carbocycles. The zero-order chi connectivity index (χ0) is 26.7. The summed E-state index contributed by atoms with van der Waals surface area (Å²) in [5, 5.41) is 26.0. The second-order valence-corrected chi connectivity index (χ2v) is 9.10. The number of carbonyl (C=O) groups is 5. The molecule has 196 valence electrons. The van der Waals surface area contributed by atoms with Crippen molar-refractivity contribution in [3.05, 3.63) is 36.0 Å². The number of amides is 3. The summed E-state index contributed by atoms with van der Waals surface area (Å²) >= 11 is 1.45. The largest absolute Gasteiger partial charge is 0.481 e. The summed E-state index contributed by atoms with van der Waals surface area (Å²) in [6.45, 7) is -0.621. The Morgan fingerprint density at radius 1 is 0.972 bits per heavy atom. The van der Waals surface area contributed by atoms with Gasteiger partial charge in [0.15, 0.2) is 0 Å². The molecule has 1 heterocycles. The highest BCUT2D eigenvalue weighted by Crippen LogP contribution is 2.19. The number of thioether (sulfide) groups is 1. The molecule has 0 aliphatic carbocycles. The van der Waals surface area contributed by atoms with Gasteiger partial charge in [0, 0.05) is 29.9 Å². The number of aromatic amines is 1. The van der Waals surface area contributed by atoms with E-state index in [1.165, 1.54) is 11.8 Å². The Labute approximate surface area is 211 Å². The molecule has 0 saturated heterocycles. The number of carboxylic acid groups (broad SMARTS) is 2. The maximum Gasteiger partial charge on any atom is 0.322 e. The van der Waals surface area contributed by atoms with Crippen molar-refractivity contribution >= 4 is 52.3 Å². The van der Waals surface area contributed by atoms with Crippen molar-refractivity contribution in [3.63, 3.8) is 0 Å². The standard InChI is InChI=1S/C23H31N5O7S/c1-36-9-8-17(27-21(33)15(24)6-7-19(29)30)23(35)28-18(22(34)26-12-20(31)32)10-13-11-25-16-5-3-2-4-14(13)16/h2-5,11,15,17-18,25H,6-10,12,24H2,1H3,(H,26,34)(H,27,33)(H,28,35)(H,29,30)(H,31,32). The van der Waals surface area contributed by atoms with Crippen LogP contribution in [-0.2, 0) is 30.4 Å². The summed E-state index contributed by atoms with van der Waals surface area (Å²) in [4.78, 5) is 63.2. The Balaban J connectivity index is 2.19. The van der Waals surface area contributed by atoms with Gasteiger partial charge in [0.25, 0.3) is 0 Å². The number of rotatable bonds is 15. The van der Waals surface area contributed by atoms with Crippen molar-refractivity contribution in [2.24, 2.45) is 5.73 Å². The number of benzene rings is 1. The number of carbonyl (C=O) groups excluding carboxylic acids is 3. The van der Waals surface area contributed by atoms with Crippen molar-refractivity contribution in [2.45, 2.75) is 43.8 Å². The number of hydrogen-bond donors (Lipinski definition) is 7. The molecule has 3 atom stereocenters. The van der Waals surface area contributed by atoms with Crippen LogP contribution < -0.4 is 21.7 Å². The Morgan fingerprint density at radius 2 is 1.67 bits per heavy atom. The molecule has 2 aromatic rings. The molecule has 0 aliphatic rings. The number of aliphatic carboxylic acids is 2. The summed E-state index contributed by atoms with van der Waals surface area (Å²) < 4.78 is 0. The molecule has 1 aromatic heterocycles. The number of nitrogens with one attached hydrogen (secondary N) is 4.